The molecule has 3 aromatic rings. The van der Waals surface area contributed by atoms with E-state index < -0.39 is 0 Å². The Morgan fingerprint density at radius 3 is 2.81 bits per heavy atom. The number of carbonyl (C=O) groups excluding carboxylic acids is 1. The minimum absolute atomic E-state index is 0.0686. The first-order chi connectivity index (χ1) is 12.8. The Morgan fingerprint density at radius 2 is 2.08 bits per heavy atom. The van der Waals surface area contributed by atoms with Gasteiger partial charge in [0.25, 0.3) is 0 Å². The SMILES string of the molecule is COCCNC(=O)CSc1nnc(-c2ccco2)n1Cc1ccccc1. The summed E-state index contributed by atoms with van der Waals surface area (Å²) < 4.78 is 12.4. The Labute approximate surface area is 155 Å². The lowest BCUT2D eigenvalue weighted by molar-refractivity contribution is -0.118. The monoisotopic (exact) mass is 372 g/mol. The van der Waals surface area contributed by atoms with Crippen LogP contribution in [0.1, 0.15) is 5.56 Å². The number of rotatable bonds is 9. The molecular weight excluding hydrogens is 352 g/mol. The van der Waals surface area contributed by atoms with Crippen LogP contribution in [-0.4, -0.2) is 46.7 Å². The van der Waals surface area contributed by atoms with Crippen molar-refractivity contribution in [2.24, 2.45) is 0 Å². The normalized spacial score (nSPS) is 10.8. The quantitative estimate of drug-likeness (QED) is 0.459. The first kappa shape index (κ1) is 18.2. The number of carbonyl (C=O) groups is 1. The summed E-state index contributed by atoms with van der Waals surface area (Å²) in [5.41, 5.74) is 1.12. The number of aromatic nitrogens is 3. The van der Waals surface area contributed by atoms with Gasteiger partial charge in [0.15, 0.2) is 10.9 Å². The summed E-state index contributed by atoms with van der Waals surface area (Å²) in [6.45, 7) is 1.57. The van der Waals surface area contributed by atoms with E-state index in [1.54, 1.807) is 13.4 Å². The predicted molar refractivity (Wildman–Crippen MR) is 98.9 cm³/mol. The Balaban J connectivity index is 1.75. The molecule has 1 aromatic carbocycles. The molecule has 7 nitrogen and oxygen atoms in total. The van der Waals surface area contributed by atoms with Crippen molar-refractivity contribution in [1.29, 1.82) is 0 Å². The number of amides is 1. The number of thioether (sulfide) groups is 1. The van der Waals surface area contributed by atoms with E-state index in [-0.39, 0.29) is 11.7 Å². The van der Waals surface area contributed by atoms with Crippen molar-refractivity contribution >= 4 is 17.7 Å². The second-order valence-electron chi connectivity index (χ2n) is 5.49. The molecule has 0 radical (unpaired) electrons. The minimum atomic E-state index is -0.0686. The number of methoxy groups -OCH3 is 1. The van der Waals surface area contributed by atoms with Gasteiger partial charge in [-0.2, -0.15) is 0 Å². The van der Waals surface area contributed by atoms with Crippen LogP contribution in [0.15, 0.2) is 58.3 Å². The maximum atomic E-state index is 11.9. The highest BCUT2D eigenvalue weighted by Gasteiger charge is 2.17. The number of hydrogen-bond donors (Lipinski definition) is 1. The molecule has 0 aliphatic heterocycles. The summed E-state index contributed by atoms with van der Waals surface area (Å²) in [6.07, 6.45) is 1.60. The van der Waals surface area contributed by atoms with Crippen molar-refractivity contribution in [3.63, 3.8) is 0 Å². The molecule has 0 unspecified atom stereocenters. The van der Waals surface area contributed by atoms with Gasteiger partial charge in [0.1, 0.15) is 0 Å². The fourth-order valence-corrected chi connectivity index (χ4v) is 3.13. The molecule has 0 saturated carbocycles. The molecule has 0 saturated heterocycles. The van der Waals surface area contributed by atoms with Gasteiger partial charge < -0.3 is 14.5 Å². The van der Waals surface area contributed by atoms with E-state index >= 15 is 0 Å². The molecule has 0 aliphatic rings. The Bertz CT molecular complexity index is 818. The van der Waals surface area contributed by atoms with Gasteiger partial charge in [0, 0.05) is 13.7 Å². The van der Waals surface area contributed by atoms with Gasteiger partial charge in [-0.25, -0.2) is 0 Å². The van der Waals surface area contributed by atoms with Crippen molar-refractivity contribution in [3.05, 3.63) is 54.3 Å². The Hall–Kier alpha value is -2.58. The maximum Gasteiger partial charge on any atom is 0.230 e. The van der Waals surface area contributed by atoms with Gasteiger partial charge in [0.2, 0.25) is 11.7 Å². The highest BCUT2D eigenvalue weighted by Crippen LogP contribution is 2.25. The van der Waals surface area contributed by atoms with Gasteiger partial charge in [0.05, 0.1) is 25.2 Å². The molecule has 8 heteroatoms. The highest BCUT2D eigenvalue weighted by atomic mass is 32.2. The number of ether oxygens (including phenoxy) is 1. The van der Waals surface area contributed by atoms with Crippen LogP contribution in [0.25, 0.3) is 11.6 Å². The van der Waals surface area contributed by atoms with Gasteiger partial charge in [-0.15, -0.1) is 10.2 Å². The zero-order valence-corrected chi connectivity index (χ0v) is 15.2. The summed E-state index contributed by atoms with van der Waals surface area (Å²) >= 11 is 1.35. The molecule has 26 heavy (non-hydrogen) atoms. The topological polar surface area (TPSA) is 82.2 Å². The first-order valence-electron chi connectivity index (χ1n) is 8.17. The third kappa shape index (κ3) is 4.74. The molecule has 136 valence electrons. The van der Waals surface area contributed by atoms with E-state index in [4.69, 9.17) is 9.15 Å². The van der Waals surface area contributed by atoms with Crippen LogP contribution in [-0.2, 0) is 16.1 Å². The van der Waals surface area contributed by atoms with E-state index in [9.17, 15) is 4.79 Å². The minimum Gasteiger partial charge on any atom is -0.461 e. The van der Waals surface area contributed by atoms with E-state index in [0.717, 1.165) is 5.56 Å². The number of nitrogens with one attached hydrogen (secondary N) is 1. The number of nitrogens with zero attached hydrogens (tertiary/aromatic N) is 3. The predicted octanol–water partition coefficient (Wildman–Crippen LogP) is 2.44. The fraction of sp³-hybridized carbons (Fsp3) is 0.278. The molecule has 0 bridgehead atoms. The molecule has 3 rings (SSSR count). The average molecular weight is 372 g/mol. The van der Waals surface area contributed by atoms with Crippen molar-refractivity contribution in [2.75, 3.05) is 26.0 Å². The third-order valence-corrected chi connectivity index (χ3v) is 4.57. The molecule has 2 aromatic heterocycles. The molecule has 1 N–H and O–H groups in total. The summed E-state index contributed by atoms with van der Waals surface area (Å²) in [7, 11) is 1.60. The van der Waals surface area contributed by atoms with Crippen molar-refractivity contribution in [2.45, 2.75) is 11.7 Å². The van der Waals surface area contributed by atoms with Crippen LogP contribution in [0.2, 0.25) is 0 Å². The van der Waals surface area contributed by atoms with Gasteiger partial charge in [-0.3, -0.25) is 9.36 Å². The first-order valence-corrected chi connectivity index (χ1v) is 9.16. The summed E-state index contributed by atoms with van der Waals surface area (Å²) in [4.78, 5) is 11.9. The molecule has 0 fully saturated rings. The van der Waals surface area contributed by atoms with Crippen molar-refractivity contribution in [1.82, 2.24) is 20.1 Å². The van der Waals surface area contributed by atoms with Crippen LogP contribution in [0, 0.1) is 0 Å². The molecule has 1 amide bonds. The molecule has 2 heterocycles. The number of hydrogen-bond acceptors (Lipinski definition) is 6. The maximum absolute atomic E-state index is 11.9. The van der Waals surface area contributed by atoms with Gasteiger partial charge >= 0.3 is 0 Å². The van der Waals surface area contributed by atoms with Crippen LogP contribution in [0.3, 0.4) is 0 Å². The third-order valence-electron chi connectivity index (χ3n) is 3.60. The average Bonchev–Trinajstić information content (AvgIpc) is 3.31. The number of benzene rings is 1. The molecule has 0 aliphatic carbocycles. The molecule has 0 atom stereocenters. The van der Waals surface area contributed by atoms with E-state index in [0.29, 0.717) is 36.4 Å². The lowest BCUT2D eigenvalue weighted by Crippen LogP contribution is -2.28. The van der Waals surface area contributed by atoms with Crippen LogP contribution < -0.4 is 5.32 Å². The van der Waals surface area contributed by atoms with E-state index in [1.165, 1.54) is 11.8 Å². The van der Waals surface area contributed by atoms with Crippen LogP contribution in [0.4, 0.5) is 0 Å². The lowest BCUT2D eigenvalue weighted by atomic mass is 10.2. The fourth-order valence-electron chi connectivity index (χ4n) is 2.37. The number of furan rings is 1. The lowest BCUT2D eigenvalue weighted by Gasteiger charge is -2.09. The van der Waals surface area contributed by atoms with Gasteiger partial charge in [-0.05, 0) is 17.7 Å². The Morgan fingerprint density at radius 1 is 1.23 bits per heavy atom. The summed E-state index contributed by atoms with van der Waals surface area (Å²) in [6, 6.07) is 13.7. The smallest absolute Gasteiger partial charge is 0.230 e. The van der Waals surface area contributed by atoms with Crippen molar-refractivity contribution < 1.29 is 13.9 Å². The summed E-state index contributed by atoms with van der Waals surface area (Å²) in [5.74, 6) is 1.47. The Kier molecular flexibility index (Phi) is 6.45. The highest BCUT2D eigenvalue weighted by molar-refractivity contribution is 7.99. The zero-order chi connectivity index (χ0) is 18.2. The van der Waals surface area contributed by atoms with Crippen LogP contribution in [0.5, 0.6) is 0 Å². The van der Waals surface area contributed by atoms with E-state index in [1.807, 2.05) is 47.0 Å². The largest absolute Gasteiger partial charge is 0.461 e. The standard InChI is InChI=1S/C18H20N4O3S/c1-24-11-9-19-16(23)13-26-18-21-20-17(15-8-5-10-25-15)22(18)12-14-6-3-2-4-7-14/h2-8,10H,9,11-13H2,1H3,(H,19,23). The molecular formula is C18H20N4O3S. The second kappa shape index (κ2) is 9.21. The van der Waals surface area contributed by atoms with Gasteiger partial charge in [-0.1, -0.05) is 42.1 Å². The summed E-state index contributed by atoms with van der Waals surface area (Å²) in [5, 5.41) is 12.0. The van der Waals surface area contributed by atoms with Crippen molar-refractivity contribution in [3.8, 4) is 11.6 Å². The van der Waals surface area contributed by atoms with E-state index in [2.05, 4.69) is 15.5 Å². The second-order valence-corrected chi connectivity index (χ2v) is 6.43. The molecule has 0 spiro atoms. The zero-order valence-electron chi connectivity index (χ0n) is 14.4. The van der Waals surface area contributed by atoms with Crippen LogP contribution >= 0.6 is 11.8 Å².